The Balaban J connectivity index is 1.25. The highest BCUT2D eigenvalue weighted by Crippen LogP contribution is 2.66. The minimum atomic E-state index is -1.07. The van der Waals surface area contributed by atoms with Gasteiger partial charge in [-0.15, -0.1) is 0 Å². The molecule has 2 saturated carbocycles. The van der Waals surface area contributed by atoms with E-state index in [9.17, 15) is 15.0 Å². The molecule has 0 aliphatic heterocycles. The SMILES string of the molecule is C=C1[C@H](O)C[C@H]2[C@@H]3[C@H](CCCCCCCCCCC(=O)N(C)CCCC)[C@@H](F)c4cc(O)ccc4[C@H]3CC[C@]12C. The number of hydrogen-bond donors (Lipinski definition) is 2. The van der Waals surface area contributed by atoms with Gasteiger partial charge in [-0.1, -0.05) is 77.9 Å². The first-order chi connectivity index (χ1) is 19.2. The first kappa shape index (κ1) is 31.1. The fourth-order valence-corrected chi connectivity index (χ4v) is 8.41. The predicted octanol–water partition coefficient (Wildman–Crippen LogP) is 8.63. The van der Waals surface area contributed by atoms with Gasteiger partial charge < -0.3 is 15.1 Å². The number of aliphatic hydroxyl groups is 1. The second-order valence-electron chi connectivity index (χ2n) is 13.4. The number of carbonyl (C=O) groups is 1. The molecule has 2 fully saturated rings. The minimum absolute atomic E-state index is 0.0741. The Morgan fingerprint density at radius 1 is 1.07 bits per heavy atom. The summed E-state index contributed by atoms with van der Waals surface area (Å²) >= 11 is 0. The maximum atomic E-state index is 16.3. The summed E-state index contributed by atoms with van der Waals surface area (Å²) < 4.78 is 16.3. The zero-order chi connectivity index (χ0) is 28.9. The normalized spacial score (nSPS) is 31.0. The van der Waals surface area contributed by atoms with Crippen molar-refractivity contribution in [3.05, 3.63) is 41.5 Å². The van der Waals surface area contributed by atoms with Crippen LogP contribution in [0, 0.1) is 23.2 Å². The van der Waals surface area contributed by atoms with Crippen LogP contribution < -0.4 is 0 Å². The summed E-state index contributed by atoms with van der Waals surface area (Å²) in [6.45, 7) is 9.55. The summed E-state index contributed by atoms with van der Waals surface area (Å²) in [6, 6.07) is 5.33. The van der Waals surface area contributed by atoms with E-state index >= 15 is 4.39 Å². The number of benzene rings is 1. The second kappa shape index (κ2) is 13.9. The minimum Gasteiger partial charge on any atom is -0.508 e. The van der Waals surface area contributed by atoms with Gasteiger partial charge in [0.2, 0.25) is 5.91 Å². The van der Waals surface area contributed by atoms with Gasteiger partial charge in [0.25, 0.3) is 0 Å². The van der Waals surface area contributed by atoms with Crippen LogP contribution in [0.25, 0.3) is 0 Å². The molecular formula is C35H54FNO3. The Hall–Kier alpha value is -1.88. The third kappa shape index (κ3) is 6.61. The van der Waals surface area contributed by atoms with Gasteiger partial charge in [0.05, 0.1) is 6.10 Å². The number of fused-ring (bicyclic) bond motifs is 5. The number of halogens is 1. The van der Waals surface area contributed by atoms with Gasteiger partial charge in [-0.3, -0.25) is 4.79 Å². The Labute approximate surface area is 242 Å². The summed E-state index contributed by atoms with van der Waals surface area (Å²) in [6.07, 6.45) is 13.8. The van der Waals surface area contributed by atoms with E-state index in [0.717, 1.165) is 75.5 Å². The van der Waals surface area contributed by atoms with Crippen molar-refractivity contribution in [1.82, 2.24) is 4.90 Å². The maximum Gasteiger partial charge on any atom is 0.222 e. The van der Waals surface area contributed by atoms with Crippen molar-refractivity contribution in [1.29, 1.82) is 0 Å². The van der Waals surface area contributed by atoms with E-state index < -0.39 is 12.3 Å². The van der Waals surface area contributed by atoms with Crippen molar-refractivity contribution < 1.29 is 19.4 Å². The van der Waals surface area contributed by atoms with Crippen molar-refractivity contribution in [3.63, 3.8) is 0 Å². The molecule has 2 N–H and O–H groups in total. The van der Waals surface area contributed by atoms with Gasteiger partial charge >= 0.3 is 0 Å². The molecule has 4 nitrogen and oxygen atoms in total. The quantitative estimate of drug-likeness (QED) is 0.178. The van der Waals surface area contributed by atoms with Crippen LogP contribution >= 0.6 is 0 Å². The molecule has 1 aromatic rings. The number of nitrogens with zero attached hydrogens (tertiary/aromatic N) is 1. The van der Waals surface area contributed by atoms with Crippen molar-refractivity contribution in [2.24, 2.45) is 23.2 Å². The molecular weight excluding hydrogens is 501 g/mol. The van der Waals surface area contributed by atoms with Gasteiger partial charge in [-0.05, 0) is 96.4 Å². The number of carbonyl (C=O) groups excluding carboxylic acids is 1. The lowest BCUT2D eigenvalue weighted by molar-refractivity contribution is -0.130. The van der Waals surface area contributed by atoms with E-state index in [1.165, 1.54) is 25.7 Å². The molecule has 0 radical (unpaired) electrons. The van der Waals surface area contributed by atoms with Gasteiger partial charge in [0.15, 0.2) is 0 Å². The zero-order valence-electron chi connectivity index (χ0n) is 25.3. The van der Waals surface area contributed by atoms with Crippen LogP contribution in [-0.2, 0) is 4.79 Å². The molecule has 3 aliphatic rings. The number of alkyl halides is 1. The topological polar surface area (TPSA) is 60.8 Å². The molecule has 4 rings (SSSR count). The average Bonchev–Trinajstić information content (AvgIpc) is 3.17. The lowest BCUT2D eigenvalue weighted by Gasteiger charge is -2.53. The molecule has 3 aliphatic carbocycles. The van der Waals surface area contributed by atoms with E-state index in [-0.39, 0.29) is 34.8 Å². The van der Waals surface area contributed by atoms with Crippen LogP contribution in [0.3, 0.4) is 0 Å². The van der Waals surface area contributed by atoms with Crippen LogP contribution in [0.15, 0.2) is 30.4 Å². The summed E-state index contributed by atoms with van der Waals surface area (Å²) in [5.41, 5.74) is 2.62. The van der Waals surface area contributed by atoms with Gasteiger partial charge in [-0.25, -0.2) is 4.39 Å². The molecule has 40 heavy (non-hydrogen) atoms. The second-order valence-corrected chi connectivity index (χ2v) is 13.4. The van der Waals surface area contributed by atoms with Crippen LogP contribution in [0.4, 0.5) is 4.39 Å². The average molecular weight is 556 g/mol. The molecule has 0 saturated heterocycles. The monoisotopic (exact) mass is 555 g/mol. The number of aromatic hydroxyl groups is 1. The van der Waals surface area contributed by atoms with Crippen LogP contribution in [0.1, 0.15) is 133 Å². The summed E-state index contributed by atoms with van der Waals surface area (Å²) in [7, 11) is 1.92. The summed E-state index contributed by atoms with van der Waals surface area (Å²) in [4.78, 5) is 14.0. The van der Waals surface area contributed by atoms with Crippen LogP contribution in [0.2, 0.25) is 0 Å². The van der Waals surface area contributed by atoms with Crippen molar-refractivity contribution in [3.8, 4) is 5.75 Å². The lowest BCUT2D eigenvalue weighted by Crippen LogP contribution is -2.45. The van der Waals surface area contributed by atoms with E-state index in [1.807, 2.05) is 18.0 Å². The third-order valence-electron chi connectivity index (χ3n) is 10.9. The van der Waals surface area contributed by atoms with Gasteiger partial charge in [-0.2, -0.15) is 0 Å². The van der Waals surface area contributed by atoms with Gasteiger partial charge in [0, 0.05) is 20.0 Å². The molecule has 224 valence electrons. The Morgan fingerprint density at radius 3 is 2.45 bits per heavy atom. The van der Waals surface area contributed by atoms with E-state index in [2.05, 4.69) is 20.4 Å². The number of unbranched alkanes of at least 4 members (excludes halogenated alkanes) is 8. The molecule has 1 aromatic carbocycles. The fraction of sp³-hybridized carbons (Fsp3) is 0.743. The largest absolute Gasteiger partial charge is 0.508 e. The van der Waals surface area contributed by atoms with E-state index in [1.54, 1.807) is 12.1 Å². The number of amides is 1. The summed E-state index contributed by atoms with van der Waals surface area (Å²) in [5.74, 6) is 1.12. The molecule has 0 spiro atoms. The zero-order valence-corrected chi connectivity index (χ0v) is 25.3. The third-order valence-corrected chi connectivity index (χ3v) is 10.9. The highest BCUT2D eigenvalue weighted by molar-refractivity contribution is 5.75. The molecule has 5 heteroatoms. The first-order valence-corrected chi connectivity index (χ1v) is 16.3. The Morgan fingerprint density at radius 2 is 1.75 bits per heavy atom. The molecule has 0 heterocycles. The van der Waals surface area contributed by atoms with Crippen molar-refractivity contribution >= 4 is 5.91 Å². The highest BCUT2D eigenvalue weighted by atomic mass is 19.1. The number of hydrogen-bond acceptors (Lipinski definition) is 3. The lowest BCUT2D eigenvalue weighted by atomic mass is 9.51. The first-order valence-electron chi connectivity index (χ1n) is 16.3. The summed E-state index contributed by atoms with van der Waals surface area (Å²) in [5, 5.41) is 20.9. The van der Waals surface area contributed by atoms with Crippen LogP contribution in [0.5, 0.6) is 5.75 Å². The molecule has 1 amide bonds. The van der Waals surface area contributed by atoms with Gasteiger partial charge in [0.1, 0.15) is 11.9 Å². The van der Waals surface area contributed by atoms with Crippen molar-refractivity contribution in [2.75, 3.05) is 13.6 Å². The molecule has 0 unspecified atom stereocenters. The molecule has 0 aromatic heterocycles. The van der Waals surface area contributed by atoms with Crippen molar-refractivity contribution in [2.45, 2.75) is 128 Å². The number of aliphatic hydroxyl groups excluding tert-OH is 1. The molecule has 7 atom stereocenters. The fourth-order valence-electron chi connectivity index (χ4n) is 8.41. The Kier molecular flexibility index (Phi) is 10.8. The van der Waals surface area contributed by atoms with E-state index in [0.29, 0.717) is 24.3 Å². The van der Waals surface area contributed by atoms with E-state index in [4.69, 9.17) is 0 Å². The highest BCUT2D eigenvalue weighted by Gasteiger charge is 2.58. The standard InChI is InChI=1S/C35H54FNO3/c1-5-6-21-37(4)32(40)16-14-12-10-8-7-9-11-13-15-28-33-27(26-18-17-25(38)22-29(26)34(28)36)19-20-35(3)24(2)31(39)23-30(33)35/h17-18,22,27-28,30-31,33-34,38-39H,2,5-16,19-21,23H2,1,3-4H3/t27-,28+,30+,31-,33+,34-,35-/m1/s1. The maximum absolute atomic E-state index is 16.3. The van der Waals surface area contributed by atoms with Crippen LogP contribution in [-0.4, -0.2) is 40.7 Å². The number of rotatable bonds is 14. The predicted molar refractivity (Wildman–Crippen MR) is 161 cm³/mol. The number of phenols is 1. The number of phenolic OH excluding ortho intramolecular Hbond substituents is 1. The molecule has 0 bridgehead atoms. The Bertz CT molecular complexity index is 1010. The smallest absolute Gasteiger partial charge is 0.222 e.